The molecule has 0 radical (unpaired) electrons. The number of carbonyl (C=O) groups is 1. The third-order valence-corrected chi connectivity index (χ3v) is 2.75. The minimum absolute atomic E-state index is 0.142. The molecule has 0 bridgehead atoms. The van der Waals surface area contributed by atoms with E-state index in [-0.39, 0.29) is 6.42 Å². The van der Waals surface area contributed by atoms with E-state index in [2.05, 4.69) is 19.1 Å². The minimum atomic E-state index is -0.748. The maximum absolute atomic E-state index is 10.8. The lowest BCUT2D eigenvalue weighted by atomic mass is 9.97. The molecule has 0 fully saturated rings. The highest BCUT2D eigenvalue weighted by Crippen LogP contribution is 2.15. The third kappa shape index (κ3) is 4.05. The number of unbranched alkanes of at least 4 members (excludes halogenated alkanes) is 2. The number of benzene rings is 1. The average molecular weight is 220 g/mol. The fraction of sp³-hybridized carbons (Fsp3) is 0.500. The molecule has 0 saturated heterocycles. The van der Waals surface area contributed by atoms with Gasteiger partial charge < -0.3 is 5.11 Å². The van der Waals surface area contributed by atoms with E-state index < -0.39 is 5.97 Å². The molecule has 0 aliphatic rings. The topological polar surface area (TPSA) is 37.3 Å². The van der Waals surface area contributed by atoms with Gasteiger partial charge in [-0.3, -0.25) is 4.79 Å². The summed E-state index contributed by atoms with van der Waals surface area (Å²) in [5.74, 6) is -0.748. The Hall–Kier alpha value is -1.31. The lowest BCUT2D eigenvalue weighted by Crippen LogP contribution is -2.04. The normalized spacial score (nSPS) is 10.4. The first-order valence-corrected chi connectivity index (χ1v) is 5.93. The van der Waals surface area contributed by atoms with Crippen LogP contribution in [-0.2, 0) is 17.6 Å². The highest BCUT2D eigenvalue weighted by atomic mass is 16.4. The number of aryl methyl sites for hydroxylation is 2. The molecule has 0 amide bonds. The summed E-state index contributed by atoms with van der Waals surface area (Å²) in [6, 6.07) is 6.13. The largest absolute Gasteiger partial charge is 0.481 e. The van der Waals surface area contributed by atoms with Crippen molar-refractivity contribution in [2.75, 3.05) is 0 Å². The number of aliphatic carboxylic acids is 1. The minimum Gasteiger partial charge on any atom is -0.481 e. The van der Waals surface area contributed by atoms with E-state index in [9.17, 15) is 4.79 Å². The molecule has 0 aliphatic heterocycles. The van der Waals surface area contributed by atoms with Gasteiger partial charge in [-0.05, 0) is 30.9 Å². The van der Waals surface area contributed by atoms with Gasteiger partial charge in [0.05, 0.1) is 6.42 Å². The Balaban J connectivity index is 2.76. The molecule has 0 heterocycles. The van der Waals surface area contributed by atoms with Gasteiger partial charge in [-0.1, -0.05) is 43.5 Å². The van der Waals surface area contributed by atoms with Gasteiger partial charge in [0.15, 0.2) is 0 Å². The lowest BCUT2D eigenvalue weighted by molar-refractivity contribution is -0.136. The molecule has 2 heteroatoms. The third-order valence-electron chi connectivity index (χ3n) is 2.75. The van der Waals surface area contributed by atoms with E-state index >= 15 is 0 Å². The van der Waals surface area contributed by atoms with E-state index in [4.69, 9.17) is 5.11 Å². The Labute approximate surface area is 97.3 Å². The predicted octanol–water partition coefficient (Wildman–Crippen LogP) is 3.35. The van der Waals surface area contributed by atoms with Crippen molar-refractivity contribution in [3.05, 3.63) is 34.9 Å². The molecule has 2 nitrogen and oxygen atoms in total. The summed E-state index contributed by atoms with van der Waals surface area (Å²) in [7, 11) is 0. The van der Waals surface area contributed by atoms with Crippen LogP contribution in [0.2, 0.25) is 0 Å². The summed E-state index contributed by atoms with van der Waals surface area (Å²) >= 11 is 0. The second kappa shape index (κ2) is 6.31. The van der Waals surface area contributed by atoms with E-state index in [0.717, 1.165) is 24.0 Å². The van der Waals surface area contributed by atoms with E-state index in [1.165, 1.54) is 18.4 Å². The molecule has 0 saturated carbocycles. The van der Waals surface area contributed by atoms with Crippen molar-refractivity contribution in [2.45, 2.75) is 46.0 Å². The van der Waals surface area contributed by atoms with Gasteiger partial charge in [0.2, 0.25) is 0 Å². The first-order valence-electron chi connectivity index (χ1n) is 5.93. The average Bonchev–Trinajstić information content (AvgIpc) is 2.20. The number of hydrogen-bond acceptors (Lipinski definition) is 1. The fourth-order valence-electron chi connectivity index (χ4n) is 1.89. The van der Waals surface area contributed by atoms with Gasteiger partial charge in [-0.2, -0.15) is 0 Å². The number of hydrogen-bond donors (Lipinski definition) is 1. The zero-order chi connectivity index (χ0) is 12.0. The molecule has 1 aromatic carbocycles. The second-order valence-electron chi connectivity index (χ2n) is 4.30. The van der Waals surface area contributed by atoms with E-state index in [1.807, 2.05) is 13.0 Å². The molecule has 0 aromatic heterocycles. The standard InChI is InChI=1S/C14H20O2/c1-3-4-5-6-12-8-7-11(2)9-13(12)10-14(15)16/h7-9H,3-6,10H2,1-2H3,(H,15,16). The van der Waals surface area contributed by atoms with Crippen molar-refractivity contribution >= 4 is 5.97 Å². The highest BCUT2D eigenvalue weighted by molar-refractivity contribution is 5.70. The molecule has 0 unspecified atom stereocenters. The van der Waals surface area contributed by atoms with Crippen LogP contribution in [0.1, 0.15) is 42.9 Å². The summed E-state index contributed by atoms with van der Waals surface area (Å²) in [6.45, 7) is 4.18. The van der Waals surface area contributed by atoms with Crippen LogP contribution >= 0.6 is 0 Å². The summed E-state index contributed by atoms with van der Waals surface area (Å²) in [5, 5.41) is 8.85. The summed E-state index contributed by atoms with van der Waals surface area (Å²) in [5.41, 5.74) is 3.31. The van der Waals surface area contributed by atoms with Crippen molar-refractivity contribution in [1.82, 2.24) is 0 Å². The molecule has 0 atom stereocenters. The van der Waals surface area contributed by atoms with E-state index in [1.54, 1.807) is 0 Å². The number of carboxylic acid groups (broad SMARTS) is 1. The Morgan fingerprint density at radius 2 is 2.00 bits per heavy atom. The second-order valence-corrected chi connectivity index (χ2v) is 4.30. The van der Waals surface area contributed by atoms with Crippen LogP contribution in [0.4, 0.5) is 0 Å². The molecule has 88 valence electrons. The monoisotopic (exact) mass is 220 g/mol. The van der Waals surface area contributed by atoms with Crippen LogP contribution in [0.5, 0.6) is 0 Å². The van der Waals surface area contributed by atoms with Gasteiger partial charge in [0.1, 0.15) is 0 Å². The molecule has 0 aliphatic carbocycles. The molecule has 16 heavy (non-hydrogen) atoms. The number of rotatable bonds is 6. The van der Waals surface area contributed by atoms with Crippen molar-refractivity contribution in [1.29, 1.82) is 0 Å². The maximum atomic E-state index is 10.8. The smallest absolute Gasteiger partial charge is 0.307 e. The molecule has 1 N–H and O–H groups in total. The molecular formula is C14H20O2. The van der Waals surface area contributed by atoms with Crippen LogP contribution in [0.3, 0.4) is 0 Å². The van der Waals surface area contributed by atoms with Crippen molar-refractivity contribution < 1.29 is 9.90 Å². The number of carboxylic acids is 1. The maximum Gasteiger partial charge on any atom is 0.307 e. The van der Waals surface area contributed by atoms with Crippen molar-refractivity contribution in [3.63, 3.8) is 0 Å². The Morgan fingerprint density at radius 1 is 1.25 bits per heavy atom. The van der Waals surface area contributed by atoms with Gasteiger partial charge in [-0.25, -0.2) is 0 Å². The van der Waals surface area contributed by atoms with Crippen LogP contribution in [0.25, 0.3) is 0 Å². The van der Waals surface area contributed by atoms with Gasteiger partial charge in [0, 0.05) is 0 Å². The van der Waals surface area contributed by atoms with Crippen LogP contribution in [0.15, 0.2) is 18.2 Å². The van der Waals surface area contributed by atoms with Gasteiger partial charge in [-0.15, -0.1) is 0 Å². The summed E-state index contributed by atoms with van der Waals surface area (Å²) in [6.07, 6.45) is 4.69. The molecule has 0 spiro atoms. The van der Waals surface area contributed by atoms with E-state index in [0.29, 0.717) is 0 Å². The van der Waals surface area contributed by atoms with Gasteiger partial charge >= 0.3 is 5.97 Å². The molecule has 1 aromatic rings. The Kier molecular flexibility index (Phi) is 5.03. The first-order chi connectivity index (χ1) is 7.63. The quantitative estimate of drug-likeness (QED) is 0.746. The Bertz CT molecular complexity index is 356. The first kappa shape index (κ1) is 12.8. The summed E-state index contributed by atoms with van der Waals surface area (Å²) < 4.78 is 0. The van der Waals surface area contributed by atoms with Crippen LogP contribution in [0, 0.1) is 6.92 Å². The SMILES string of the molecule is CCCCCc1ccc(C)cc1CC(=O)O. The molecule has 1 rings (SSSR count). The lowest BCUT2D eigenvalue weighted by Gasteiger charge is -2.08. The van der Waals surface area contributed by atoms with Crippen LogP contribution in [-0.4, -0.2) is 11.1 Å². The summed E-state index contributed by atoms with van der Waals surface area (Å²) in [4.78, 5) is 10.8. The highest BCUT2D eigenvalue weighted by Gasteiger charge is 2.06. The zero-order valence-electron chi connectivity index (χ0n) is 10.1. The predicted molar refractivity (Wildman–Crippen MR) is 65.7 cm³/mol. The zero-order valence-corrected chi connectivity index (χ0v) is 10.1. The van der Waals surface area contributed by atoms with Crippen molar-refractivity contribution in [2.24, 2.45) is 0 Å². The molecular weight excluding hydrogens is 200 g/mol. The van der Waals surface area contributed by atoms with Crippen molar-refractivity contribution in [3.8, 4) is 0 Å². The Morgan fingerprint density at radius 3 is 2.62 bits per heavy atom. The van der Waals surface area contributed by atoms with Gasteiger partial charge in [0.25, 0.3) is 0 Å². The van der Waals surface area contributed by atoms with Crippen LogP contribution < -0.4 is 0 Å². The fourth-order valence-corrected chi connectivity index (χ4v) is 1.89.